The van der Waals surface area contributed by atoms with Gasteiger partial charge in [-0.3, -0.25) is 15.5 Å². The first-order valence-corrected chi connectivity index (χ1v) is 9.63. The normalized spacial score (nSPS) is 12.1. The SMILES string of the molecule is CCN(CC)c1ccc2cc(/C(=N/Nc3ccccc3[N+](=O)[O-])C(F)(F)F)c(=O)oc2c1. The van der Waals surface area contributed by atoms with E-state index in [2.05, 4.69) is 10.5 Å². The highest BCUT2D eigenvalue weighted by Gasteiger charge is 2.39. The van der Waals surface area contributed by atoms with E-state index in [-0.39, 0.29) is 16.7 Å². The smallest absolute Gasteiger partial charge is 0.422 e. The Labute approximate surface area is 180 Å². The summed E-state index contributed by atoms with van der Waals surface area (Å²) < 4.78 is 46.3. The Morgan fingerprint density at radius 3 is 2.47 bits per heavy atom. The van der Waals surface area contributed by atoms with E-state index < -0.39 is 33.7 Å². The van der Waals surface area contributed by atoms with E-state index in [1.54, 1.807) is 18.2 Å². The topological polar surface area (TPSA) is 101 Å². The average molecular weight is 448 g/mol. The summed E-state index contributed by atoms with van der Waals surface area (Å²) in [4.78, 5) is 24.7. The largest absolute Gasteiger partial charge is 0.435 e. The minimum absolute atomic E-state index is 0.135. The maximum atomic E-state index is 13.7. The van der Waals surface area contributed by atoms with Gasteiger partial charge >= 0.3 is 11.8 Å². The fraction of sp³-hybridized carbons (Fsp3) is 0.238. The first kappa shape index (κ1) is 22.8. The average Bonchev–Trinajstić information content (AvgIpc) is 2.74. The van der Waals surface area contributed by atoms with E-state index in [0.29, 0.717) is 13.1 Å². The zero-order valence-electron chi connectivity index (χ0n) is 17.1. The lowest BCUT2D eigenvalue weighted by Crippen LogP contribution is -2.30. The minimum atomic E-state index is -5.03. The second kappa shape index (κ2) is 9.08. The monoisotopic (exact) mass is 448 g/mol. The van der Waals surface area contributed by atoms with Gasteiger partial charge in [-0.05, 0) is 38.1 Å². The number of hydrogen-bond donors (Lipinski definition) is 1. The van der Waals surface area contributed by atoms with Crippen LogP contribution in [0.2, 0.25) is 0 Å². The van der Waals surface area contributed by atoms with Crippen molar-refractivity contribution >= 4 is 33.7 Å². The molecule has 8 nitrogen and oxygen atoms in total. The maximum Gasteiger partial charge on any atom is 0.435 e. The van der Waals surface area contributed by atoms with E-state index in [4.69, 9.17) is 4.42 Å². The van der Waals surface area contributed by atoms with E-state index in [0.717, 1.165) is 17.8 Å². The summed E-state index contributed by atoms with van der Waals surface area (Å²) in [7, 11) is 0. The van der Waals surface area contributed by atoms with E-state index in [1.807, 2.05) is 18.7 Å². The van der Waals surface area contributed by atoms with Crippen LogP contribution in [0.4, 0.5) is 30.2 Å². The van der Waals surface area contributed by atoms with Crippen LogP contribution in [0.25, 0.3) is 11.0 Å². The Bertz CT molecular complexity index is 1230. The van der Waals surface area contributed by atoms with Crippen LogP contribution in [0.1, 0.15) is 19.4 Å². The summed E-state index contributed by atoms with van der Waals surface area (Å²) in [6.07, 6.45) is -5.03. The second-order valence-electron chi connectivity index (χ2n) is 6.69. The van der Waals surface area contributed by atoms with Crippen LogP contribution in [0.15, 0.2) is 62.8 Å². The van der Waals surface area contributed by atoms with E-state index in [1.165, 1.54) is 18.2 Å². The van der Waals surface area contributed by atoms with Crippen LogP contribution in [0, 0.1) is 10.1 Å². The molecular formula is C21H19F3N4O4. The molecular weight excluding hydrogens is 429 g/mol. The van der Waals surface area contributed by atoms with Crippen LogP contribution in [0.3, 0.4) is 0 Å². The zero-order chi connectivity index (χ0) is 23.5. The number of halogens is 3. The quantitative estimate of drug-likeness (QED) is 0.238. The molecule has 0 aliphatic carbocycles. The van der Waals surface area contributed by atoms with Gasteiger partial charge in [-0.25, -0.2) is 4.79 Å². The molecule has 0 aliphatic rings. The molecule has 0 amide bonds. The van der Waals surface area contributed by atoms with Gasteiger partial charge in [-0.1, -0.05) is 12.1 Å². The number of hydrogen-bond acceptors (Lipinski definition) is 7. The number of anilines is 2. The first-order valence-electron chi connectivity index (χ1n) is 9.63. The third kappa shape index (κ3) is 4.71. The summed E-state index contributed by atoms with van der Waals surface area (Å²) in [5.41, 5.74) is -1.36. The molecule has 0 saturated carbocycles. The number of rotatable bonds is 7. The number of fused-ring (bicyclic) bond motifs is 1. The van der Waals surface area contributed by atoms with Gasteiger partial charge in [0.15, 0.2) is 5.71 Å². The number of alkyl halides is 3. The van der Waals surface area contributed by atoms with Crippen molar-refractivity contribution in [3.05, 3.63) is 74.6 Å². The maximum absolute atomic E-state index is 13.7. The van der Waals surface area contributed by atoms with Crippen molar-refractivity contribution in [2.45, 2.75) is 20.0 Å². The van der Waals surface area contributed by atoms with Crippen molar-refractivity contribution in [3.8, 4) is 0 Å². The van der Waals surface area contributed by atoms with Gasteiger partial charge in [0.2, 0.25) is 0 Å². The molecule has 1 aromatic heterocycles. The van der Waals surface area contributed by atoms with Crippen molar-refractivity contribution in [1.82, 2.24) is 0 Å². The molecule has 11 heteroatoms. The molecule has 0 saturated heterocycles. The predicted molar refractivity (Wildman–Crippen MR) is 115 cm³/mol. The fourth-order valence-corrected chi connectivity index (χ4v) is 3.17. The van der Waals surface area contributed by atoms with Crippen molar-refractivity contribution in [2.24, 2.45) is 5.10 Å². The molecule has 32 heavy (non-hydrogen) atoms. The lowest BCUT2D eigenvalue weighted by atomic mass is 10.1. The summed E-state index contributed by atoms with van der Waals surface area (Å²) in [6.45, 7) is 5.30. The predicted octanol–water partition coefficient (Wildman–Crippen LogP) is 4.93. The molecule has 3 aromatic rings. The third-order valence-corrected chi connectivity index (χ3v) is 4.76. The zero-order valence-corrected chi connectivity index (χ0v) is 17.1. The summed E-state index contributed by atoms with van der Waals surface area (Å²) in [5, 5.41) is 14.6. The summed E-state index contributed by atoms with van der Waals surface area (Å²) >= 11 is 0. The Balaban J connectivity index is 2.08. The van der Waals surface area contributed by atoms with Crippen molar-refractivity contribution in [2.75, 3.05) is 23.4 Å². The van der Waals surface area contributed by atoms with Crippen LogP contribution >= 0.6 is 0 Å². The van der Waals surface area contributed by atoms with Crippen LogP contribution in [-0.2, 0) is 0 Å². The molecule has 0 atom stereocenters. The van der Waals surface area contributed by atoms with Gasteiger partial charge in [-0.2, -0.15) is 18.3 Å². The van der Waals surface area contributed by atoms with Gasteiger partial charge in [0.25, 0.3) is 5.69 Å². The fourth-order valence-electron chi connectivity index (χ4n) is 3.17. The minimum Gasteiger partial charge on any atom is -0.422 e. The molecule has 0 fully saturated rings. The molecule has 0 aliphatic heterocycles. The standard InChI is InChI=1S/C21H19F3N4O4/c1-3-27(4-2)14-10-9-13-11-15(20(29)32-18(13)12-14)19(21(22,23)24)26-25-16-7-5-6-8-17(16)28(30)31/h5-12,25H,3-4H2,1-2H3/b26-19-. The van der Waals surface area contributed by atoms with Gasteiger partial charge in [0, 0.05) is 36.3 Å². The highest BCUT2D eigenvalue weighted by atomic mass is 19.4. The Morgan fingerprint density at radius 2 is 1.84 bits per heavy atom. The molecule has 168 valence electrons. The van der Waals surface area contributed by atoms with E-state index >= 15 is 0 Å². The van der Waals surface area contributed by atoms with Gasteiger partial charge in [0.05, 0.1) is 10.5 Å². The summed E-state index contributed by atoms with van der Waals surface area (Å²) in [5.74, 6) is 0. The number of para-hydroxylation sites is 2. The highest BCUT2D eigenvalue weighted by molar-refractivity contribution is 6.06. The Hall–Kier alpha value is -3.89. The summed E-state index contributed by atoms with van der Waals surface area (Å²) in [6, 6.07) is 11.0. The second-order valence-corrected chi connectivity index (χ2v) is 6.69. The number of nitrogens with one attached hydrogen (secondary N) is 1. The highest BCUT2D eigenvalue weighted by Crippen LogP contribution is 2.27. The molecule has 3 rings (SSSR count). The molecule has 0 spiro atoms. The van der Waals surface area contributed by atoms with Gasteiger partial charge in [-0.15, -0.1) is 0 Å². The van der Waals surface area contributed by atoms with Crippen molar-refractivity contribution in [3.63, 3.8) is 0 Å². The number of nitro groups is 1. The van der Waals surface area contributed by atoms with Crippen LogP contribution in [-0.4, -0.2) is 29.9 Å². The van der Waals surface area contributed by atoms with Crippen molar-refractivity contribution < 1.29 is 22.5 Å². The lowest BCUT2D eigenvalue weighted by molar-refractivity contribution is -0.384. The molecule has 0 radical (unpaired) electrons. The molecule has 2 aromatic carbocycles. The Morgan fingerprint density at radius 1 is 1.16 bits per heavy atom. The third-order valence-electron chi connectivity index (χ3n) is 4.76. The van der Waals surface area contributed by atoms with E-state index in [9.17, 15) is 28.1 Å². The van der Waals surface area contributed by atoms with Crippen molar-refractivity contribution in [1.29, 1.82) is 0 Å². The number of hydrazone groups is 1. The molecule has 0 unspecified atom stereocenters. The first-order chi connectivity index (χ1) is 15.2. The van der Waals surface area contributed by atoms with Gasteiger partial charge in [0.1, 0.15) is 11.3 Å². The number of nitrogens with zero attached hydrogens (tertiary/aromatic N) is 3. The molecule has 1 heterocycles. The molecule has 0 bridgehead atoms. The molecule has 1 N–H and O–H groups in total. The number of benzene rings is 2. The lowest BCUT2D eigenvalue weighted by Gasteiger charge is -2.21. The van der Waals surface area contributed by atoms with Gasteiger partial charge < -0.3 is 9.32 Å². The Kier molecular flexibility index (Phi) is 6.47. The van der Waals surface area contributed by atoms with Crippen LogP contribution in [0.5, 0.6) is 0 Å². The van der Waals surface area contributed by atoms with Crippen LogP contribution < -0.4 is 16.0 Å². The number of nitro benzene ring substituents is 1.